The molecule has 1 saturated heterocycles. The maximum atomic E-state index is 12.4. The Kier molecular flexibility index (Phi) is 11.9. The Bertz CT molecular complexity index is 406. The highest BCUT2D eigenvalue weighted by atomic mass is 35.5. The van der Waals surface area contributed by atoms with E-state index in [0.717, 1.165) is 44.6 Å². The molecule has 0 atom stereocenters. The second-order valence-electron chi connectivity index (χ2n) is 7.76. The second-order valence-corrected chi connectivity index (χ2v) is 7.76. The van der Waals surface area contributed by atoms with E-state index in [1.807, 2.05) is 9.80 Å². The molecule has 1 aliphatic carbocycles. The van der Waals surface area contributed by atoms with Gasteiger partial charge in [0.2, 0.25) is 11.8 Å². The minimum atomic E-state index is 0. The van der Waals surface area contributed by atoms with Crippen molar-refractivity contribution in [1.82, 2.24) is 9.80 Å². The quantitative estimate of drug-likeness (QED) is 0.617. The molecule has 2 aliphatic rings. The van der Waals surface area contributed by atoms with Gasteiger partial charge in [-0.1, -0.05) is 44.9 Å². The van der Waals surface area contributed by atoms with Crippen molar-refractivity contribution in [2.24, 2.45) is 11.7 Å². The molecule has 2 fully saturated rings. The zero-order valence-electron chi connectivity index (χ0n) is 16.3. The van der Waals surface area contributed by atoms with Crippen molar-refractivity contribution in [3.63, 3.8) is 0 Å². The summed E-state index contributed by atoms with van der Waals surface area (Å²) in [5.41, 5.74) is 5.48. The van der Waals surface area contributed by atoms with Gasteiger partial charge >= 0.3 is 0 Å². The number of piperazine rings is 1. The predicted octanol–water partition coefficient (Wildman–Crippen LogP) is 3.35. The molecule has 26 heavy (non-hydrogen) atoms. The summed E-state index contributed by atoms with van der Waals surface area (Å²) in [6.07, 6.45) is 13.3. The first-order valence-corrected chi connectivity index (χ1v) is 10.5. The van der Waals surface area contributed by atoms with Gasteiger partial charge in [-0.2, -0.15) is 0 Å². The lowest BCUT2D eigenvalue weighted by Crippen LogP contribution is -2.50. The Hall–Kier alpha value is -0.810. The standard InChI is InChI=1S/C20H37N3O2.ClH/c21-13-7-2-1-6-10-19(24)22-14-16-23(17-15-22)20(25)12-11-18-8-4-3-5-9-18;/h18H,1-17,21H2;1H. The first-order valence-electron chi connectivity index (χ1n) is 10.5. The first kappa shape index (κ1) is 23.2. The van der Waals surface area contributed by atoms with Gasteiger partial charge < -0.3 is 15.5 Å². The minimum Gasteiger partial charge on any atom is -0.339 e. The van der Waals surface area contributed by atoms with Gasteiger partial charge in [0.1, 0.15) is 0 Å². The Morgan fingerprint density at radius 1 is 0.769 bits per heavy atom. The van der Waals surface area contributed by atoms with Crippen LogP contribution in [0, 0.1) is 5.92 Å². The van der Waals surface area contributed by atoms with Crippen LogP contribution in [0.5, 0.6) is 0 Å². The number of halogens is 1. The van der Waals surface area contributed by atoms with Gasteiger partial charge in [-0.05, 0) is 31.7 Å². The zero-order valence-corrected chi connectivity index (χ0v) is 17.1. The Balaban J connectivity index is 0.00000338. The van der Waals surface area contributed by atoms with Gasteiger partial charge in [0.15, 0.2) is 0 Å². The van der Waals surface area contributed by atoms with E-state index in [1.165, 1.54) is 32.1 Å². The number of hydrogen-bond donors (Lipinski definition) is 1. The Morgan fingerprint density at radius 2 is 1.31 bits per heavy atom. The summed E-state index contributed by atoms with van der Waals surface area (Å²) in [5, 5.41) is 0. The van der Waals surface area contributed by atoms with Crippen molar-refractivity contribution in [2.75, 3.05) is 32.7 Å². The van der Waals surface area contributed by atoms with Crippen molar-refractivity contribution >= 4 is 24.2 Å². The first-order chi connectivity index (χ1) is 12.2. The number of rotatable bonds is 9. The average Bonchev–Trinajstić information content (AvgIpc) is 2.66. The predicted molar refractivity (Wildman–Crippen MR) is 108 cm³/mol. The van der Waals surface area contributed by atoms with E-state index in [1.54, 1.807) is 0 Å². The molecular weight excluding hydrogens is 350 g/mol. The number of unbranched alkanes of at least 4 members (excludes halogenated alkanes) is 3. The van der Waals surface area contributed by atoms with E-state index in [2.05, 4.69) is 0 Å². The van der Waals surface area contributed by atoms with Gasteiger partial charge in [0.05, 0.1) is 0 Å². The number of hydrogen-bond acceptors (Lipinski definition) is 3. The highest BCUT2D eigenvalue weighted by Crippen LogP contribution is 2.27. The fraction of sp³-hybridized carbons (Fsp3) is 0.900. The van der Waals surface area contributed by atoms with Crippen molar-refractivity contribution in [1.29, 1.82) is 0 Å². The molecular formula is C20H38ClN3O2. The largest absolute Gasteiger partial charge is 0.339 e. The van der Waals surface area contributed by atoms with Crippen LogP contribution in [-0.4, -0.2) is 54.3 Å². The van der Waals surface area contributed by atoms with Crippen LogP contribution >= 0.6 is 12.4 Å². The molecule has 1 aliphatic heterocycles. The SMILES string of the molecule is Cl.NCCCCCCC(=O)N1CCN(C(=O)CCC2CCCCC2)CC1. The van der Waals surface area contributed by atoms with Crippen LogP contribution in [0.2, 0.25) is 0 Å². The van der Waals surface area contributed by atoms with Crippen LogP contribution in [0.3, 0.4) is 0 Å². The molecule has 0 radical (unpaired) electrons. The normalized spacial score (nSPS) is 18.5. The molecule has 0 aromatic heterocycles. The number of carbonyl (C=O) groups is 2. The molecule has 0 spiro atoms. The number of carbonyl (C=O) groups excluding carboxylic acids is 2. The lowest BCUT2D eigenvalue weighted by Gasteiger charge is -2.35. The molecule has 0 aromatic rings. The summed E-state index contributed by atoms with van der Waals surface area (Å²) in [6.45, 7) is 3.57. The highest BCUT2D eigenvalue weighted by molar-refractivity contribution is 5.85. The van der Waals surface area contributed by atoms with Crippen molar-refractivity contribution in [3.8, 4) is 0 Å². The van der Waals surface area contributed by atoms with E-state index >= 15 is 0 Å². The van der Waals surface area contributed by atoms with E-state index in [0.29, 0.717) is 44.9 Å². The number of nitrogens with zero attached hydrogens (tertiary/aromatic N) is 2. The second kappa shape index (κ2) is 13.4. The lowest BCUT2D eigenvalue weighted by atomic mass is 9.86. The van der Waals surface area contributed by atoms with Crippen LogP contribution in [0.4, 0.5) is 0 Å². The van der Waals surface area contributed by atoms with Crippen LogP contribution in [0.1, 0.15) is 77.0 Å². The summed E-state index contributed by atoms with van der Waals surface area (Å²) in [5.74, 6) is 1.31. The summed E-state index contributed by atoms with van der Waals surface area (Å²) in [6, 6.07) is 0. The molecule has 0 bridgehead atoms. The molecule has 0 aromatic carbocycles. The fourth-order valence-electron chi connectivity index (χ4n) is 4.10. The van der Waals surface area contributed by atoms with Gasteiger partial charge in [0, 0.05) is 39.0 Å². The van der Waals surface area contributed by atoms with Crippen LogP contribution in [-0.2, 0) is 9.59 Å². The monoisotopic (exact) mass is 387 g/mol. The third kappa shape index (κ3) is 8.26. The highest BCUT2D eigenvalue weighted by Gasteiger charge is 2.24. The Morgan fingerprint density at radius 3 is 1.88 bits per heavy atom. The molecule has 1 heterocycles. The topological polar surface area (TPSA) is 66.6 Å². The maximum absolute atomic E-state index is 12.4. The third-order valence-corrected chi connectivity index (χ3v) is 5.82. The van der Waals surface area contributed by atoms with Crippen molar-refractivity contribution in [3.05, 3.63) is 0 Å². The van der Waals surface area contributed by atoms with Gasteiger partial charge in [-0.15, -0.1) is 12.4 Å². The Labute approximate surface area is 165 Å². The minimum absolute atomic E-state index is 0. The molecule has 5 nitrogen and oxygen atoms in total. The average molecular weight is 388 g/mol. The van der Waals surface area contributed by atoms with E-state index < -0.39 is 0 Å². The lowest BCUT2D eigenvalue weighted by molar-refractivity contribution is -0.139. The van der Waals surface area contributed by atoms with E-state index in [-0.39, 0.29) is 18.3 Å². The molecule has 2 rings (SSSR count). The van der Waals surface area contributed by atoms with E-state index in [4.69, 9.17) is 5.73 Å². The van der Waals surface area contributed by atoms with Crippen LogP contribution < -0.4 is 5.73 Å². The number of nitrogens with two attached hydrogens (primary N) is 1. The fourth-order valence-corrected chi connectivity index (χ4v) is 4.10. The third-order valence-electron chi connectivity index (χ3n) is 5.82. The van der Waals surface area contributed by atoms with Crippen molar-refractivity contribution < 1.29 is 9.59 Å². The van der Waals surface area contributed by atoms with Gasteiger partial charge in [-0.25, -0.2) is 0 Å². The van der Waals surface area contributed by atoms with Gasteiger partial charge in [0.25, 0.3) is 0 Å². The summed E-state index contributed by atoms with van der Waals surface area (Å²) >= 11 is 0. The van der Waals surface area contributed by atoms with Crippen LogP contribution in [0.15, 0.2) is 0 Å². The molecule has 0 unspecified atom stereocenters. The van der Waals surface area contributed by atoms with Gasteiger partial charge in [-0.3, -0.25) is 9.59 Å². The van der Waals surface area contributed by atoms with E-state index in [9.17, 15) is 9.59 Å². The number of amides is 2. The molecule has 2 N–H and O–H groups in total. The smallest absolute Gasteiger partial charge is 0.222 e. The maximum Gasteiger partial charge on any atom is 0.222 e. The summed E-state index contributed by atoms with van der Waals surface area (Å²) < 4.78 is 0. The zero-order chi connectivity index (χ0) is 17.9. The van der Waals surface area contributed by atoms with Crippen LogP contribution in [0.25, 0.3) is 0 Å². The molecule has 2 amide bonds. The molecule has 6 heteroatoms. The molecule has 152 valence electrons. The van der Waals surface area contributed by atoms with Crippen molar-refractivity contribution in [2.45, 2.75) is 77.0 Å². The summed E-state index contributed by atoms with van der Waals surface area (Å²) in [7, 11) is 0. The molecule has 1 saturated carbocycles. The summed E-state index contributed by atoms with van der Waals surface area (Å²) in [4.78, 5) is 28.5.